The second-order valence-corrected chi connectivity index (χ2v) is 13.2. The zero-order valence-corrected chi connectivity index (χ0v) is 29.0. The first-order valence-electron chi connectivity index (χ1n) is 17.8. The highest BCUT2D eigenvalue weighted by atomic mass is 16.7. The number of aliphatic hydroxyl groups excluding tert-OH is 1. The van der Waals surface area contributed by atoms with E-state index in [1.54, 1.807) is 12.1 Å². The smallest absolute Gasteiger partial charge is 0.224 e. The van der Waals surface area contributed by atoms with Crippen molar-refractivity contribution >= 4 is 23.2 Å². The maximum atomic E-state index is 12.6. The topological polar surface area (TPSA) is 135 Å². The number of aliphatic hydroxyl groups is 1. The molecule has 6 rings (SSSR count). The molecule has 3 atom stereocenters. The lowest BCUT2D eigenvalue weighted by molar-refractivity contribution is -0.253. The van der Waals surface area contributed by atoms with Crippen LogP contribution in [0.2, 0.25) is 0 Å². The number of nitrogens with zero attached hydrogens (tertiary/aromatic N) is 1. The number of ether oxygens (including phenoxy) is 3. The molecule has 2 saturated heterocycles. The average Bonchev–Trinajstić information content (AvgIpc) is 3.17. The van der Waals surface area contributed by atoms with Crippen LogP contribution in [0.25, 0.3) is 11.1 Å². The van der Waals surface area contributed by atoms with Gasteiger partial charge < -0.3 is 35.7 Å². The Bertz CT molecular complexity index is 1740. The Morgan fingerprint density at radius 3 is 2.27 bits per heavy atom. The Morgan fingerprint density at radius 2 is 1.51 bits per heavy atom. The third kappa shape index (κ3) is 10.5. The second-order valence-electron chi connectivity index (χ2n) is 13.2. The van der Waals surface area contributed by atoms with Gasteiger partial charge in [-0.15, -0.1) is 0 Å². The summed E-state index contributed by atoms with van der Waals surface area (Å²) in [5, 5.41) is 15.4. The van der Waals surface area contributed by atoms with Crippen LogP contribution in [0.3, 0.4) is 0 Å². The third-order valence-electron chi connectivity index (χ3n) is 9.38. The molecular formula is C41H48N4O6. The molecule has 10 heteroatoms. The van der Waals surface area contributed by atoms with E-state index in [-0.39, 0.29) is 30.6 Å². The lowest BCUT2D eigenvalue weighted by Gasteiger charge is -2.39. The maximum Gasteiger partial charge on any atom is 0.224 e. The normalized spacial score (nSPS) is 19.4. The van der Waals surface area contributed by atoms with Crippen LogP contribution >= 0.6 is 0 Å². The molecule has 2 heterocycles. The van der Waals surface area contributed by atoms with Gasteiger partial charge in [0.25, 0.3) is 0 Å². The highest BCUT2D eigenvalue weighted by Crippen LogP contribution is 2.39. The van der Waals surface area contributed by atoms with E-state index >= 15 is 0 Å². The molecule has 2 amide bonds. The lowest BCUT2D eigenvalue weighted by atomic mass is 9.98. The molecule has 10 nitrogen and oxygen atoms in total. The molecule has 5 N–H and O–H groups in total. The van der Waals surface area contributed by atoms with Crippen molar-refractivity contribution in [1.82, 2.24) is 10.2 Å². The minimum absolute atomic E-state index is 0.00550. The van der Waals surface area contributed by atoms with Crippen molar-refractivity contribution < 1.29 is 28.9 Å². The van der Waals surface area contributed by atoms with Crippen LogP contribution in [0, 0.1) is 0 Å². The summed E-state index contributed by atoms with van der Waals surface area (Å²) >= 11 is 0. The predicted octanol–water partition coefficient (Wildman–Crippen LogP) is 6.12. The number of nitrogens with one attached hydrogen (secondary N) is 2. The summed E-state index contributed by atoms with van der Waals surface area (Å²) in [4.78, 5) is 27.3. The monoisotopic (exact) mass is 692 g/mol. The lowest BCUT2D eigenvalue weighted by Crippen LogP contribution is -2.44. The van der Waals surface area contributed by atoms with Gasteiger partial charge in [0.2, 0.25) is 11.8 Å². The van der Waals surface area contributed by atoms with Crippen LogP contribution in [0.5, 0.6) is 0 Å². The Balaban J connectivity index is 1.04. The molecule has 2 aliphatic rings. The van der Waals surface area contributed by atoms with Crippen LogP contribution in [-0.4, -0.2) is 60.8 Å². The number of hydrogen-bond donors (Lipinski definition) is 4. The number of morpholine rings is 1. The molecule has 0 bridgehead atoms. The van der Waals surface area contributed by atoms with Gasteiger partial charge in [-0.25, -0.2) is 0 Å². The Kier molecular flexibility index (Phi) is 12.8. The Labute approximate surface area is 299 Å². The quantitative estimate of drug-likeness (QED) is 0.0918. The van der Waals surface area contributed by atoms with Crippen molar-refractivity contribution in [3.63, 3.8) is 0 Å². The molecule has 3 unspecified atom stereocenters. The molecular weight excluding hydrogens is 644 g/mol. The van der Waals surface area contributed by atoms with E-state index in [1.165, 1.54) is 0 Å². The van der Waals surface area contributed by atoms with Crippen molar-refractivity contribution in [1.29, 1.82) is 0 Å². The first-order valence-corrected chi connectivity index (χ1v) is 17.8. The fraction of sp³-hybridized carbons (Fsp3) is 0.366. The van der Waals surface area contributed by atoms with E-state index in [9.17, 15) is 14.7 Å². The number of nitrogens with two attached hydrogens (primary N) is 1. The number of amides is 2. The highest BCUT2D eigenvalue weighted by Gasteiger charge is 2.33. The first-order chi connectivity index (χ1) is 24.9. The zero-order chi connectivity index (χ0) is 35.4. The largest absolute Gasteiger partial charge is 0.397 e. The first kappa shape index (κ1) is 36.2. The summed E-state index contributed by atoms with van der Waals surface area (Å²) in [5.74, 6) is -0.161. The maximum absolute atomic E-state index is 12.6. The van der Waals surface area contributed by atoms with E-state index in [0.29, 0.717) is 43.6 Å². The number of hydrogen-bond acceptors (Lipinski definition) is 8. The SMILES string of the molecule is Nc1ccccc1NC(=O)CCCCC(=O)NCc1cccc(-c2cccc(C3OC(CN4CCOCC4)CC(c4ccc(CO)cc4)O3)c2)c1. The molecule has 0 aliphatic carbocycles. The minimum atomic E-state index is -0.544. The van der Waals surface area contributed by atoms with Gasteiger partial charge in [-0.05, 0) is 64.9 Å². The predicted molar refractivity (Wildman–Crippen MR) is 197 cm³/mol. The number of carbonyl (C=O) groups is 2. The van der Waals surface area contributed by atoms with E-state index in [2.05, 4.69) is 39.8 Å². The van der Waals surface area contributed by atoms with Crippen molar-refractivity contribution in [2.24, 2.45) is 0 Å². The van der Waals surface area contributed by atoms with Crippen LogP contribution in [0.1, 0.15) is 66.8 Å². The Morgan fingerprint density at radius 1 is 0.784 bits per heavy atom. The fourth-order valence-electron chi connectivity index (χ4n) is 6.51. The summed E-state index contributed by atoms with van der Waals surface area (Å²) in [5.41, 5.74) is 13.0. The fourth-order valence-corrected chi connectivity index (χ4v) is 6.51. The van der Waals surface area contributed by atoms with Gasteiger partial charge >= 0.3 is 0 Å². The van der Waals surface area contributed by atoms with E-state index in [1.807, 2.05) is 60.7 Å². The number of nitrogen functional groups attached to an aromatic ring is 1. The summed E-state index contributed by atoms with van der Waals surface area (Å²) in [6.45, 7) is 4.46. The summed E-state index contributed by atoms with van der Waals surface area (Å²) in [6.07, 6.45) is 1.92. The van der Waals surface area contributed by atoms with E-state index < -0.39 is 6.29 Å². The number of anilines is 2. The molecule has 0 saturated carbocycles. The summed E-state index contributed by atoms with van der Waals surface area (Å²) < 4.78 is 18.8. The minimum Gasteiger partial charge on any atom is -0.397 e. The van der Waals surface area contributed by atoms with E-state index in [4.69, 9.17) is 19.9 Å². The van der Waals surface area contributed by atoms with Crippen LogP contribution in [-0.2, 0) is 37.0 Å². The van der Waals surface area contributed by atoms with E-state index in [0.717, 1.165) is 72.6 Å². The van der Waals surface area contributed by atoms with Crippen LogP contribution < -0.4 is 16.4 Å². The third-order valence-corrected chi connectivity index (χ3v) is 9.38. The van der Waals surface area contributed by atoms with Crippen molar-refractivity contribution in [2.75, 3.05) is 43.9 Å². The molecule has 0 aromatic heterocycles. The molecule has 2 fully saturated rings. The van der Waals surface area contributed by atoms with Gasteiger partial charge in [0.05, 0.1) is 43.4 Å². The van der Waals surface area contributed by atoms with Crippen molar-refractivity contribution in [3.05, 3.63) is 119 Å². The standard InChI is InChI=1S/C41H48N4O6/c42-36-11-1-2-12-37(36)44-40(48)14-4-3-13-39(47)43-26-30-7-5-8-32(23-30)33-9-6-10-34(24-33)41-50-35(27-45-19-21-49-22-20-45)25-38(51-41)31-17-15-29(28-46)16-18-31/h1-2,5-12,15-18,23-24,35,38,41,46H,3-4,13-14,19-22,25-28,42H2,(H,43,47)(H,44,48). The van der Waals surface area contributed by atoms with Crippen molar-refractivity contribution in [2.45, 2.75) is 63.8 Å². The number of unbranched alkanes of at least 4 members (excludes halogenated alkanes) is 1. The highest BCUT2D eigenvalue weighted by molar-refractivity contribution is 5.93. The Hall–Kier alpha value is -4.58. The number of rotatable bonds is 14. The second kappa shape index (κ2) is 18.1. The number of para-hydroxylation sites is 2. The molecule has 2 aliphatic heterocycles. The summed E-state index contributed by atoms with van der Waals surface area (Å²) in [7, 11) is 0. The van der Waals surface area contributed by atoms with Gasteiger partial charge in [-0.1, -0.05) is 72.8 Å². The summed E-state index contributed by atoms with van der Waals surface area (Å²) in [6, 6.07) is 31.5. The zero-order valence-electron chi connectivity index (χ0n) is 29.0. The molecule has 4 aromatic rings. The van der Waals surface area contributed by atoms with Crippen LogP contribution in [0.4, 0.5) is 11.4 Å². The average molecular weight is 693 g/mol. The van der Waals surface area contributed by atoms with Gasteiger partial charge in [-0.3, -0.25) is 14.5 Å². The van der Waals surface area contributed by atoms with Crippen molar-refractivity contribution in [3.8, 4) is 11.1 Å². The molecule has 268 valence electrons. The number of carbonyl (C=O) groups excluding carboxylic acids is 2. The van der Waals surface area contributed by atoms with Gasteiger partial charge in [0.15, 0.2) is 6.29 Å². The van der Waals surface area contributed by atoms with Gasteiger partial charge in [0.1, 0.15) is 0 Å². The molecule has 4 aromatic carbocycles. The number of benzene rings is 4. The van der Waals surface area contributed by atoms with Crippen LogP contribution in [0.15, 0.2) is 97.1 Å². The van der Waals surface area contributed by atoms with Gasteiger partial charge in [-0.2, -0.15) is 0 Å². The molecule has 0 radical (unpaired) electrons. The molecule has 51 heavy (non-hydrogen) atoms. The molecule has 0 spiro atoms. The van der Waals surface area contributed by atoms with Gasteiger partial charge in [0, 0.05) is 51.0 Å².